The lowest BCUT2D eigenvalue weighted by Crippen LogP contribution is -2.06. The fourth-order valence-electron chi connectivity index (χ4n) is 2.97. The number of methoxy groups -OCH3 is 3. The van der Waals surface area contributed by atoms with Crippen molar-refractivity contribution in [1.82, 2.24) is 24.8 Å². The molecule has 0 aliphatic rings. The number of ether oxygens (including phenoxy) is 3. The molecular formula is C19H21N7O3. The second-order valence-electron chi connectivity index (χ2n) is 6.22. The predicted octanol–water partition coefficient (Wildman–Crippen LogP) is 3.27. The molecule has 0 aliphatic carbocycles. The molecule has 0 saturated carbocycles. The molecule has 1 aromatic carbocycles. The highest BCUT2D eigenvalue weighted by Gasteiger charge is 2.15. The zero-order valence-electron chi connectivity index (χ0n) is 16.5. The zero-order chi connectivity index (χ0) is 20.4. The Morgan fingerprint density at radius 2 is 1.76 bits per heavy atom. The van der Waals surface area contributed by atoms with Gasteiger partial charge in [-0.15, -0.1) is 5.10 Å². The van der Waals surface area contributed by atoms with Gasteiger partial charge in [-0.1, -0.05) is 0 Å². The Morgan fingerprint density at radius 1 is 1.00 bits per heavy atom. The van der Waals surface area contributed by atoms with Crippen LogP contribution >= 0.6 is 0 Å². The van der Waals surface area contributed by atoms with Gasteiger partial charge >= 0.3 is 0 Å². The van der Waals surface area contributed by atoms with E-state index in [2.05, 4.69) is 30.9 Å². The van der Waals surface area contributed by atoms with Crippen molar-refractivity contribution in [3.8, 4) is 17.2 Å². The lowest BCUT2D eigenvalue weighted by Gasteiger charge is -2.15. The van der Waals surface area contributed by atoms with Crippen LogP contribution in [0.5, 0.6) is 17.2 Å². The maximum Gasteiger partial charge on any atom is 0.247 e. The fraction of sp³-hybridized carbons (Fsp3) is 0.211. The van der Waals surface area contributed by atoms with Gasteiger partial charge in [0.05, 0.1) is 21.3 Å². The van der Waals surface area contributed by atoms with Crippen molar-refractivity contribution < 1.29 is 14.2 Å². The van der Waals surface area contributed by atoms with Crippen LogP contribution in [0, 0.1) is 6.92 Å². The number of fused-ring (bicyclic) bond motifs is 1. The second-order valence-corrected chi connectivity index (χ2v) is 6.22. The molecule has 0 radical (unpaired) electrons. The number of benzene rings is 1. The van der Waals surface area contributed by atoms with Gasteiger partial charge in [0.15, 0.2) is 23.1 Å². The van der Waals surface area contributed by atoms with Crippen molar-refractivity contribution in [3.05, 3.63) is 42.2 Å². The van der Waals surface area contributed by atoms with Gasteiger partial charge in [-0.05, 0) is 19.1 Å². The molecule has 0 fully saturated rings. The Hall–Kier alpha value is -3.95. The quantitative estimate of drug-likeness (QED) is 0.437. The Morgan fingerprint density at radius 3 is 2.38 bits per heavy atom. The smallest absolute Gasteiger partial charge is 0.247 e. The van der Waals surface area contributed by atoms with E-state index < -0.39 is 0 Å². The van der Waals surface area contributed by atoms with Gasteiger partial charge < -0.3 is 24.8 Å². The van der Waals surface area contributed by atoms with Crippen LogP contribution in [0.3, 0.4) is 0 Å². The summed E-state index contributed by atoms with van der Waals surface area (Å²) in [4.78, 5) is 4.61. The van der Waals surface area contributed by atoms with Crippen LogP contribution in [-0.2, 0) is 0 Å². The fourth-order valence-corrected chi connectivity index (χ4v) is 2.97. The predicted molar refractivity (Wildman–Crippen MR) is 109 cm³/mol. The van der Waals surface area contributed by atoms with Gasteiger partial charge in [0.2, 0.25) is 11.7 Å². The maximum absolute atomic E-state index is 5.40. The van der Waals surface area contributed by atoms with Gasteiger partial charge in [-0.25, -0.2) is 4.52 Å². The van der Waals surface area contributed by atoms with Crippen molar-refractivity contribution in [3.63, 3.8) is 0 Å². The molecule has 0 spiro atoms. The molecule has 0 aliphatic heterocycles. The van der Waals surface area contributed by atoms with E-state index in [9.17, 15) is 0 Å². The van der Waals surface area contributed by atoms with Gasteiger partial charge in [0.25, 0.3) is 0 Å². The molecule has 3 N–H and O–H groups in total. The summed E-state index contributed by atoms with van der Waals surface area (Å²) in [5.41, 5.74) is 2.46. The number of aryl methyl sites for hydroxylation is 1. The Balaban J connectivity index is 1.71. The number of rotatable bonds is 7. The summed E-state index contributed by atoms with van der Waals surface area (Å²) < 4.78 is 17.9. The van der Waals surface area contributed by atoms with E-state index in [1.165, 1.54) is 0 Å². The van der Waals surface area contributed by atoms with Gasteiger partial charge in [0.1, 0.15) is 5.52 Å². The molecule has 29 heavy (non-hydrogen) atoms. The lowest BCUT2D eigenvalue weighted by molar-refractivity contribution is 0.324. The molecule has 0 amide bonds. The molecular weight excluding hydrogens is 374 g/mol. The topological polar surface area (TPSA) is 111 Å². The van der Waals surface area contributed by atoms with Crippen molar-refractivity contribution in [2.75, 3.05) is 32.0 Å². The van der Waals surface area contributed by atoms with Crippen molar-refractivity contribution >= 4 is 28.8 Å². The van der Waals surface area contributed by atoms with Gasteiger partial charge in [-0.2, -0.15) is 10.1 Å². The van der Waals surface area contributed by atoms with Crippen molar-refractivity contribution in [1.29, 1.82) is 0 Å². The molecule has 150 valence electrons. The number of nitrogens with zero attached hydrogens (tertiary/aromatic N) is 4. The molecule has 0 unspecified atom stereocenters. The summed E-state index contributed by atoms with van der Waals surface area (Å²) in [6.45, 7) is 1.93. The molecule has 0 atom stereocenters. The standard InChI is InChI=1S/C19H21N7O3/c1-11-8-16(24-23-11)21-18-13-6-5-7-26(13)25-19(22-18)20-12-9-14(27-2)17(29-4)15(10-12)28-3/h5-10H,1-4H3,(H3,20,21,22,23,24,25). The molecule has 0 bridgehead atoms. The van der Waals surface area contributed by atoms with Crippen molar-refractivity contribution in [2.45, 2.75) is 6.92 Å². The van der Waals surface area contributed by atoms with E-state index in [4.69, 9.17) is 14.2 Å². The van der Waals surface area contributed by atoms with E-state index in [0.717, 1.165) is 11.2 Å². The molecule has 4 aromatic rings. The third-order valence-corrected chi connectivity index (χ3v) is 4.26. The molecule has 3 heterocycles. The van der Waals surface area contributed by atoms with E-state index >= 15 is 0 Å². The minimum absolute atomic E-state index is 0.387. The third kappa shape index (κ3) is 3.59. The lowest BCUT2D eigenvalue weighted by atomic mass is 10.2. The van der Waals surface area contributed by atoms with Crippen LogP contribution < -0.4 is 24.8 Å². The zero-order valence-corrected chi connectivity index (χ0v) is 16.5. The summed E-state index contributed by atoms with van der Waals surface area (Å²) in [5.74, 6) is 3.24. The van der Waals surface area contributed by atoms with Gasteiger partial charge in [0, 0.05) is 35.8 Å². The summed E-state index contributed by atoms with van der Waals surface area (Å²) in [6, 6.07) is 9.29. The summed E-state index contributed by atoms with van der Waals surface area (Å²) >= 11 is 0. The van der Waals surface area contributed by atoms with Crippen LogP contribution in [0.2, 0.25) is 0 Å². The van der Waals surface area contributed by atoms with Gasteiger partial charge in [-0.3, -0.25) is 5.10 Å². The highest BCUT2D eigenvalue weighted by Crippen LogP contribution is 2.40. The highest BCUT2D eigenvalue weighted by atomic mass is 16.5. The largest absolute Gasteiger partial charge is 0.493 e. The van der Waals surface area contributed by atoms with Crippen molar-refractivity contribution in [2.24, 2.45) is 0 Å². The first-order valence-corrected chi connectivity index (χ1v) is 8.82. The van der Waals surface area contributed by atoms with Crippen LogP contribution in [0.4, 0.5) is 23.3 Å². The molecule has 3 aromatic heterocycles. The Kier molecular flexibility index (Phi) is 4.82. The first-order valence-electron chi connectivity index (χ1n) is 8.82. The number of hydrogen-bond donors (Lipinski definition) is 3. The minimum Gasteiger partial charge on any atom is -0.493 e. The Bertz CT molecular complexity index is 1130. The Labute approximate surface area is 166 Å². The van der Waals surface area contributed by atoms with E-state index in [0.29, 0.717) is 40.5 Å². The molecule has 10 nitrogen and oxygen atoms in total. The number of hydrogen-bond acceptors (Lipinski definition) is 8. The third-order valence-electron chi connectivity index (χ3n) is 4.26. The average molecular weight is 395 g/mol. The number of anilines is 4. The molecule has 0 saturated heterocycles. The SMILES string of the molecule is COc1cc(Nc2nc(Nc3cc(C)[nH]n3)c3cccn3n2)cc(OC)c1OC. The van der Waals surface area contributed by atoms with Crippen LogP contribution in [0.25, 0.3) is 5.52 Å². The normalized spacial score (nSPS) is 10.8. The average Bonchev–Trinajstić information content (AvgIpc) is 3.36. The molecule has 10 heteroatoms. The maximum atomic E-state index is 5.40. The monoisotopic (exact) mass is 395 g/mol. The van der Waals surface area contributed by atoms with E-state index in [1.54, 1.807) is 38.0 Å². The molecule has 4 rings (SSSR count). The number of H-pyrrole nitrogens is 1. The van der Waals surface area contributed by atoms with E-state index in [1.807, 2.05) is 31.3 Å². The summed E-state index contributed by atoms with van der Waals surface area (Å²) in [6.07, 6.45) is 1.85. The first kappa shape index (κ1) is 18.4. The first-order chi connectivity index (χ1) is 14.1. The number of nitrogens with one attached hydrogen (secondary N) is 3. The van der Waals surface area contributed by atoms with Crippen LogP contribution in [0.1, 0.15) is 5.69 Å². The summed E-state index contributed by atoms with van der Waals surface area (Å²) in [5, 5.41) is 18.0. The van der Waals surface area contributed by atoms with Crippen LogP contribution in [-0.4, -0.2) is 46.1 Å². The van der Waals surface area contributed by atoms with Crippen LogP contribution in [0.15, 0.2) is 36.5 Å². The minimum atomic E-state index is 0.387. The summed E-state index contributed by atoms with van der Waals surface area (Å²) in [7, 11) is 4.69. The highest BCUT2D eigenvalue weighted by molar-refractivity contribution is 5.74. The van der Waals surface area contributed by atoms with E-state index in [-0.39, 0.29) is 0 Å². The number of aromatic amines is 1. The number of aromatic nitrogens is 5. The second kappa shape index (κ2) is 7.58.